The maximum atomic E-state index is 12.4. The molecule has 17 N–H and O–H groups in total. The van der Waals surface area contributed by atoms with Gasteiger partial charge in [0.05, 0.1) is 51.3 Å². The van der Waals surface area contributed by atoms with E-state index in [0.717, 1.165) is 32.1 Å². The average molecular weight is 1230 g/mol. The lowest BCUT2D eigenvalue weighted by molar-refractivity contribution is -0.396. The Balaban J connectivity index is 0.803. The van der Waals surface area contributed by atoms with Crippen molar-refractivity contribution in [2.24, 2.45) is 46.3 Å². The standard InChI is InChI=1S/C57H94O28/c1-21(20-75-50-42(69)40(67)36(63)30(16-58)78-50)8-13-57(74)22(2)34-29(85-57)15-28-26-7-6-24-14-25(9-11-55(24,4)27(26)10-12-56(28,34)5)77-54-49(84-51-43(70)39(66)35(62)23(3)76-51)45(72)47(33(19-61)81-54)82-53-46(73)48(38(65)32(18-60)80-53)83-52-44(71)41(68)37(64)31(17-59)79-52/h6,21-23,25-54,58-74H,7-20H2,1-5H3/t21-,22+,23+,25+,26-,27+,28-,29+,30-,31-,32-,33-,34+,35+,36-,37-,38-,39-,40+,41+,42-,43-,44-,45+,46-,47-,48+,49-,50-,51+,52+,53+,54-,55+,56+,57-/m1/s1. The van der Waals surface area contributed by atoms with Gasteiger partial charge in [-0.2, -0.15) is 0 Å². The zero-order valence-corrected chi connectivity index (χ0v) is 48.6. The first kappa shape index (κ1) is 66.5. The summed E-state index contributed by atoms with van der Waals surface area (Å²) in [5.41, 5.74) is 0.880. The van der Waals surface area contributed by atoms with E-state index in [1.165, 1.54) is 12.5 Å². The Bertz CT molecular complexity index is 2240. The molecule has 10 aliphatic rings. The Morgan fingerprint density at radius 3 is 1.73 bits per heavy atom. The average Bonchev–Trinajstić information content (AvgIpc) is 1.60. The molecule has 6 saturated heterocycles. The van der Waals surface area contributed by atoms with Crippen LogP contribution in [0.4, 0.5) is 0 Å². The lowest BCUT2D eigenvalue weighted by Crippen LogP contribution is -2.68. The number of ether oxygens (including phenoxy) is 11. The predicted octanol–water partition coefficient (Wildman–Crippen LogP) is -5.18. The molecule has 0 aromatic heterocycles. The first-order valence-corrected chi connectivity index (χ1v) is 30.4. The number of hydrogen-bond acceptors (Lipinski definition) is 28. The van der Waals surface area contributed by atoms with Crippen molar-refractivity contribution in [1.82, 2.24) is 0 Å². The minimum atomic E-state index is -2.04. The van der Waals surface area contributed by atoms with Gasteiger partial charge < -0.3 is 139 Å². The summed E-state index contributed by atoms with van der Waals surface area (Å²) >= 11 is 0. The van der Waals surface area contributed by atoms with Crippen LogP contribution in [0.1, 0.15) is 92.4 Å². The van der Waals surface area contributed by atoms with Crippen LogP contribution in [0.5, 0.6) is 0 Å². The predicted molar refractivity (Wildman–Crippen MR) is 283 cm³/mol. The topological polar surface area (TPSA) is 445 Å². The summed E-state index contributed by atoms with van der Waals surface area (Å²) in [6.07, 6.45) is -33.3. The first-order valence-electron chi connectivity index (χ1n) is 30.4. The molecule has 85 heavy (non-hydrogen) atoms. The summed E-state index contributed by atoms with van der Waals surface area (Å²) in [5.74, 6) is -0.555. The van der Waals surface area contributed by atoms with Crippen molar-refractivity contribution in [2.45, 2.75) is 264 Å². The summed E-state index contributed by atoms with van der Waals surface area (Å²) in [4.78, 5) is 0. The van der Waals surface area contributed by atoms with Crippen molar-refractivity contribution >= 4 is 0 Å². The van der Waals surface area contributed by atoms with Gasteiger partial charge in [-0.05, 0) is 98.7 Å². The van der Waals surface area contributed by atoms with Crippen molar-refractivity contribution in [1.29, 1.82) is 0 Å². The van der Waals surface area contributed by atoms with Crippen LogP contribution < -0.4 is 0 Å². The van der Waals surface area contributed by atoms with Gasteiger partial charge in [0, 0.05) is 12.3 Å². The van der Waals surface area contributed by atoms with E-state index in [1.807, 2.05) is 6.92 Å². The smallest absolute Gasteiger partial charge is 0.187 e. The third kappa shape index (κ3) is 12.2. The molecule has 0 aromatic carbocycles. The number of hydrogen-bond donors (Lipinski definition) is 17. The highest BCUT2D eigenvalue weighted by molar-refractivity contribution is 5.26. The second kappa shape index (κ2) is 26.3. The Morgan fingerprint density at radius 1 is 0.553 bits per heavy atom. The monoisotopic (exact) mass is 1230 g/mol. The minimum absolute atomic E-state index is 0.106. The van der Waals surface area contributed by atoms with Gasteiger partial charge in [0.2, 0.25) is 0 Å². The molecule has 6 aliphatic heterocycles. The zero-order valence-electron chi connectivity index (χ0n) is 48.6. The van der Waals surface area contributed by atoms with Crippen LogP contribution in [-0.4, -0.2) is 291 Å². The van der Waals surface area contributed by atoms with Gasteiger partial charge in [-0.1, -0.05) is 39.3 Å². The van der Waals surface area contributed by atoms with Crippen molar-refractivity contribution in [3.8, 4) is 0 Å². The molecule has 0 unspecified atom stereocenters. The van der Waals surface area contributed by atoms with Gasteiger partial charge in [-0.3, -0.25) is 0 Å². The van der Waals surface area contributed by atoms with E-state index in [9.17, 15) is 86.8 Å². The molecule has 0 amide bonds. The van der Waals surface area contributed by atoms with Crippen LogP contribution in [0, 0.1) is 46.3 Å². The molecule has 4 aliphatic carbocycles. The molecule has 6 heterocycles. The van der Waals surface area contributed by atoms with E-state index >= 15 is 0 Å². The van der Waals surface area contributed by atoms with Crippen molar-refractivity contribution in [3.63, 3.8) is 0 Å². The van der Waals surface area contributed by atoms with Gasteiger partial charge in [-0.15, -0.1) is 0 Å². The molecule has 0 radical (unpaired) electrons. The first-order chi connectivity index (χ1) is 40.2. The summed E-state index contributed by atoms with van der Waals surface area (Å²) < 4.78 is 66.2. The molecule has 490 valence electrons. The van der Waals surface area contributed by atoms with E-state index in [2.05, 4.69) is 26.8 Å². The molecule has 0 aromatic rings. The fourth-order valence-corrected chi connectivity index (χ4v) is 16.5. The van der Waals surface area contributed by atoms with Crippen LogP contribution in [-0.2, 0) is 52.1 Å². The summed E-state index contributed by atoms with van der Waals surface area (Å²) in [7, 11) is 0. The molecule has 9 fully saturated rings. The summed E-state index contributed by atoms with van der Waals surface area (Å²) in [5, 5.41) is 183. The van der Waals surface area contributed by atoms with E-state index in [4.69, 9.17) is 52.1 Å². The molecule has 0 spiro atoms. The number of aliphatic hydroxyl groups is 17. The summed E-state index contributed by atoms with van der Waals surface area (Å²) in [6, 6.07) is 0. The molecule has 3 saturated carbocycles. The Morgan fingerprint density at radius 2 is 1.09 bits per heavy atom. The molecule has 10 rings (SSSR count). The molecule has 28 heteroatoms. The van der Waals surface area contributed by atoms with E-state index < -0.39 is 192 Å². The zero-order chi connectivity index (χ0) is 61.5. The highest BCUT2D eigenvalue weighted by Gasteiger charge is 2.68. The quantitative estimate of drug-likeness (QED) is 0.0571. The van der Waals surface area contributed by atoms with E-state index in [0.29, 0.717) is 43.4 Å². The second-order valence-electron chi connectivity index (χ2n) is 26.6. The van der Waals surface area contributed by atoms with Gasteiger partial charge >= 0.3 is 0 Å². The molecule has 28 nitrogen and oxygen atoms in total. The van der Waals surface area contributed by atoms with E-state index in [-0.39, 0.29) is 41.3 Å². The van der Waals surface area contributed by atoms with Gasteiger partial charge in [0.15, 0.2) is 37.2 Å². The van der Waals surface area contributed by atoms with Crippen molar-refractivity contribution in [2.75, 3.05) is 33.0 Å². The van der Waals surface area contributed by atoms with Crippen LogP contribution in [0.2, 0.25) is 0 Å². The summed E-state index contributed by atoms with van der Waals surface area (Å²) in [6.45, 7) is 7.16. The van der Waals surface area contributed by atoms with Crippen LogP contribution >= 0.6 is 0 Å². The molecular weight excluding hydrogens is 1130 g/mol. The van der Waals surface area contributed by atoms with Gasteiger partial charge in [0.1, 0.15) is 116 Å². The van der Waals surface area contributed by atoms with Crippen molar-refractivity contribution in [3.05, 3.63) is 11.6 Å². The Labute approximate surface area is 492 Å². The second-order valence-corrected chi connectivity index (χ2v) is 26.6. The largest absolute Gasteiger partial charge is 0.394 e. The molecule has 36 atom stereocenters. The minimum Gasteiger partial charge on any atom is -0.394 e. The lowest BCUT2D eigenvalue weighted by atomic mass is 9.47. The Kier molecular flexibility index (Phi) is 20.6. The fraction of sp³-hybridized carbons (Fsp3) is 0.965. The molecular formula is C57H94O28. The third-order valence-electron chi connectivity index (χ3n) is 21.6. The highest BCUT2D eigenvalue weighted by Crippen LogP contribution is 2.70. The highest BCUT2D eigenvalue weighted by atomic mass is 16.8. The number of aliphatic hydroxyl groups excluding tert-OH is 16. The normalized spacial score (nSPS) is 54.8. The third-order valence-corrected chi connectivity index (χ3v) is 21.6. The number of allylic oxidation sites excluding steroid dienone is 1. The SMILES string of the molecule is C[C@H](CC[C@@]1(O)O[C@H]2C[C@@H]3[C@@H]4CC=C5C[C@@H](O[C@@H]6O[C@H](CO)[C@@H](O[C@@H]7O[C@H](CO)[C@@H](O)[C@H](O[C@@H]8O[C@H](CO)[C@@H](O)[C@H](O)[C@H]8O)[C@H]7O)[C@H](O)[C@H]6O[C@@H]6O[C@@H](C)[C@H](O)[C@@H](O)[C@H]6O)CC[C@]5(C)[C@H]4CC[C@]3(C)[C@H]2[C@@H]1C)CO[C@@H]1O[C@H](CO)[C@@H](O)[C@H](O)[C@H]1O. The Hall–Kier alpha value is -1.38. The van der Waals surface area contributed by atoms with Crippen molar-refractivity contribution < 1.29 is 139 Å². The van der Waals surface area contributed by atoms with Crippen LogP contribution in [0.25, 0.3) is 0 Å². The van der Waals surface area contributed by atoms with Crippen LogP contribution in [0.15, 0.2) is 11.6 Å². The molecule has 0 bridgehead atoms. The van der Waals surface area contributed by atoms with Crippen LogP contribution in [0.3, 0.4) is 0 Å². The number of fused-ring (bicyclic) bond motifs is 7. The van der Waals surface area contributed by atoms with E-state index in [1.54, 1.807) is 0 Å². The maximum Gasteiger partial charge on any atom is 0.187 e. The van der Waals surface area contributed by atoms with Gasteiger partial charge in [-0.25, -0.2) is 0 Å². The fourth-order valence-electron chi connectivity index (χ4n) is 16.5. The van der Waals surface area contributed by atoms with Gasteiger partial charge in [0.25, 0.3) is 0 Å². The lowest BCUT2D eigenvalue weighted by Gasteiger charge is -2.58. The maximum absolute atomic E-state index is 12.4. The number of rotatable bonds is 18.